The summed E-state index contributed by atoms with van der Waals surface area (Å²) in [4.78, 5) is 15.6. The molecule has 1 aliphatic rings. The van der Waals surface area contributed by atoms with E-state index in [0.717, 1.165) is 24.2 Å². The molecule has 2 rings (SSSR count). The van der Waals surface area contributed by atoms with Crippen molar-refractivity contribution in [1.82, 2.24) is 4.98 Å². The maximum absolute atomic E-state index is 11.3. The van der Waals surface area contributed by atoms with E-state index in [4.69, 9.17) is 0 Å². The zero-order valence-corrected chi connectivity index (χ0v) is 11.5. The zero-order valence-electron chi connectivity index (χ0n) is 11.5. The molecule has 0 radical (unpaired) electrons. The molecule has 2 N–H and O–H groups in total. The van der Waals surface area contributed by atoms with Gasteiger partial charge in [-0.05, 0) is 51.2 Å². The van der Waals surface area contributed by atoms with Gasteiger partial charge in [0.05, 0.1) is 0 Å². The average molecular weight is 260 g/mol. The lowest BCUT2D eigenvalue weighted by Gasteiger charge is -2.12. The molecule has 0 saturated heterocycles. The Morgan fingerprint density at radius 3 is 2.89 bits per heavy atom. The molecule has 4 heteroatoms. The minimum Gasteiger partial charge on any atom is -0.478 e. The van der Waals surface area contributed by atoms with Crippen molar-refractivity contribution in [2.45, 2.75) is 39.5 Å². The summed E-state index contributed by atoms with van der Waals surface area (Å²) in [5, 5.41) is 12.4. The Kier molecular flexibility index (Phi) is 4.20. The van der Waals surface area contributed by atoms with Crippen LogP contribution < -0.4 is 5.32 Å². The van der Waals surface area contributed by atoms with Crippen molar-refractivity contribution in [2.24, 2.45) is 0 Å². The number of pyridine rings is 1. The molecule has 1 aromatic rings. The van der Waals surface area contributed by atoms with Gasteiger partial charge in [-0.2, -0.15) is 0 Å². The van der Waals surface area contributed by atoms with Crippen molar-refractivity contribution >= 4 is 11.8 Å². The number of aromatic carboxylic acids is 1. The summed E-state index contributed by atoms with van der Waals surface area (Å²) < 4.78 is 0. The second-order valence-corrected chi connectivity index (χ2v) is 5.04. The summed E-state index contributed by atoms with van der Waals surface area (Å²) in [6.45, 7) is 4.42. The molecule has 0 bridgehead atoms. The molecule has 1 aromatic heterocycles. The van der Waals surface area contributed by atoms with Gasteiger partial charge in [0.2, 0.25) is 0 Å². The second kappa shape index (κ2) is 5.87. The summed E-state index contributed by atoms with van der Waals surface area (Å²) in [5.41, 5.74) is 3.34. The molecular formula is C15H20N2O2. The van der Waals surface area contributed by atoms with Gasteiger partial charge in [-0.3, -0.25) is 0 Å². The lowest BCUT2D eigenvalue weighted by atomic mass is 10.1. The summed E-state index contributed by atoms with van der Waals surface area (Å²) >= 11 is 0. The van der Waals surface area contributed by atoms with Gasteiger partial charge in [-0.25, -0.2) is 9.78 Å². The molecule has 0 amide bonds. The van der Waals surface area contributed by atoms with Crippen LogP contribution in [0.3, 0.4) is 0 Å². The minimum atomic E-state index is -0.924. The molecule has 0 aliphatic heterocycles. The van der Waals surface area contributed by atoms with E-state index in [9.17, 15) is 9.90 Å². The molecule has 0 atom stereocenters. The highest BCUT2D eigenvalue weighted by Gasteiger charge is 2.15. The van der Waals surface area contributed by atoms with E-state index in [1.807, 2.05) is 13.8 Å². The number of hydrogen-bond donors (Lipinski definition) is 2. The van der Waals surface area contributed by atoms with Crippen LogP contribution in [-0.2, 0) is 0 Å². The molecule has 0 unspecified atom stereocenters. The lowest BCUT2D eigenvalue weighted by Crippen LogP contribution is -2.12. The van der Waals surface area contributed by atoms with Crippen molar-refractivity contribution in [3.8, 4) is 0 Å². The van der Waals surface area contributed by atoms with Crippen LogP contribution in [-0.4, -0.2) is 22.6 Å². The smallest absolute Gasteiger partial charge is 0.339 e. The van der Waals surface area contributed by atoms with Crippen molar-refractivity contribution in [3.05, 3.63) is 34.5 Å². The number of carboxylic acids is 1. The molecule has 0 fully saturated rings. The molecule has 0 spiro atoms. The zero-order chi connectivity index (χ0) is 13.8. The third kappa shape index (κ3) is 3.34. The Balaban J connectivity index is 2.08. The molecule has 4 nitrogen and oxygen atoms in total. The van der Waals surface area contributed by atoms with Gasteiger partial charge in [-0.15, -0.1) is 0 Å². The van der Waals surface area contributed by atoms with Crippen LogP contribution in [0.2, 0.25) is 0 Å². The van der Waals surface area contributed by atoms with E-state index in [1.54, 1.807) is 6.07 Å². The van der Waals surface area contributed by atoms with Crippen LogP contribution in [0.15, 0.2) is 17.7 Å². The Labute approximate surface area is 113 Å². The lowest BCUT2D eigenvalue weighted by molar-refractivity contribution is 0.0697. The largest absolute Gasteiger partial charge is 0.478 e. The highest BCUT2D eigenvalue weighted by Crippen LogP contribution is 2.22. The molecule has 0 aromatic carbocycles. The maximum atomic E-state index is 11.3. The van der Waals surface area contributed by atoms with Gasteiger partial charge in [0, 0.05) is 12.2 Å². The average Bonchev–Trinajstić information content (AvgIpc) is 2.80. The quantitative estimate of drug-likeness (QED) is 0.797. The van der Waals surface area contributed by atoms with Crippen LogP contribution in [0, 0.1) is 13.8 Å². The fourth-order valence-corrected chi connectivity index (χ4v) is 2.54. The highest BCUT2D eigenvalue weighted by atomic mass is 16.4. The van der Waals surface area contributed by atoms with E-state index >= 15 is 0 Å². The molecule has 0 saturated carbocycles. The second-order valence-electron chi connectivity index (χ2n) is 5.04. The van der Waals surface area contributed by atoms with E-state index in [-0.39, 0.29) is 5.56 Å². The SMILES string of the molecule is Cc1cc(C)c(C(=O)O)c(NCCC2=CCCC2)n1. The monoisotopic (exact) mass is 260 g/mol. The van der Waals surface area contributed by atoms with Crippen molar-refractivity contribution < 1.29 is 9.90 Å². The van der Waals surface area contributed by atoms with E-state index in [2.05, 4.69) is 16.4 Å². The van der Waals surface area contributed by atoms with Gasteiger partial charge in [0.1, 0.15) is 11.4 Å². The summed E-state index contributed by atoms with van der Waals surface area (Å²) in [7, 11) is 0. The first-order chi connectivity index (χ1) is 9.08. The first kappa shape index (κ1) is 13.6. The van der Waals surface area contributed by atoms with Gasteiger partial charge >= 0.3 is 5.97 Å². The number of nitrogens with zero attached hydrogens (tertiary/aromatic N) is 1. The van der Waals surface area contributed by atoms with Crippen molar-refractivity contribution in [3.63, 3.8) is 0 Å². The Hall–Kier alpha value is -1.84. The van der Waals surface area contributed by atoms with Crippen molar-refractivity contribution in [1.29, 1.82) is 0 Å². The minimum absolute atomic E-state index is 0.283. The third-order valence-electron chi connectivity index (χ3n) is 3.43. The number of aryl methyl sites for hydroxylation is 2. The van der Waals surface area contributed by atoms with E-state index < -0.39 is 5.97 Å². The Morgan fingerprint density at radius 1 is 1.47 bits per heavy atom. The number of hydrogen-bond acceptors (Lipinski definition) is 3. The molecular weight excluding hydrogens is 240 g/mol. The molecule has 19 heavy (non-hydrogen) atoms. The number of allylic oxidation sites excluding steroid dienone is 1. The van der Waals surface area contributed by atoms with Crippen LogP contribution in [0.25, 0.3) is 0 Å². The first-order valence-corrected chi connectivity index (χ1v) is 6.71. The number of rotatable bonds is 5. The topological polar surface area (TPSA) is 62.2 Å². The summed E-state index contributed by atoms with van der Waals surface area (Å²) in [5.74, 6) is -0.434. The standard InChI is InChI=1S/C15H20N2O2/c1-10-9-11(2)17-14(13(10)15(18)19)16-8-7-12-5-3-4-6-12/h5,9H,3-4,6-8H2,1-2H3,(H,16,17)(H,18,19). The first-order valence-electron chi connectivity index (χ1n) is 6.71. The Morgan fingerprint density at radius 2 is 2.26 bits per heavy atom. The van der Waals surface area contributed by atoms with Crippen LogP contribution in [0.5, 0.6) is 0 Å². The van der Waals surface area contributed by atoms with Gasteiger partial charge < -0.3 is 10.4 Å². The van der Waals surface area contributed by atoms with Crippen molar-refractivity contribution in [2.75, 3.05) is 11.9 Å². The highest BCUT2D eigenvalue weighted by molar-refractivity contribution is 5.94. The molecule has 1 heterocycles. The number of carbonyl (C=O) groups is 1. The number of carboxylic acid groups (broad SMARTS) is 1. The van der Waals surface area contributed by atoms with Gasteiger partial charge in [0.25, 0.3) is 0 Å². The van der Waals surface area contributed by atoms with Gasteiger partial charge in [-0.1, -0.05) is 11.6 Å². The van der Waals surface area contributed by atoms with Crippen LogP contribution in [0.1, 0.15) is 47.3 Å². The number of nitrogens with one attached hydrogen (secondary N) is 1. The summed E-state index contributed by atoms with van der Waals surface area (Å²) in [6, 6.07) is 1.80. The fraction of sp³-hybridized carbons (Fsp3) is 0.467. The molecule has 102 valence electrons. The maximum Gasteiger partial charge on any atom is 0.339 e. The number of aromatic nitrogens is 1. The number of anilines is 1. The third-order valence-corrected chi connectivity index (χ3v) is 3.43. The Bertz CT molecular complexity index is 521. The van der Waals surface area contributed by atoms with E-state index in [0.29, 0.717) is 5.82 Å². The predicted octanol–water partition coefficient (Wildman–Crippen LogP) is 3.31. The molecule has 1 aliphatic carbocycles. The fourth-order valence-electron chi connectivity index (χ4n) is 2.54. The normalized spacial score (nSPS) is 14.3. The van der Waals surface area contributed by atoms with Crippen LogP contribution >= 0.6 is 0 Å². The summed E-state index contributed by atoms with van der Waals surface area (Å²) in [6.07, 6.45) is 6.85. The van der Waals surface area contributed by atoms with E-state index in [1.165, 1.54) is 24.8 Å². The van der Waals surface area contributed by atoms with Crippen LogP contribution in [0.4, 0.5) is 5.82 Å². The van der Waals surface area contributed by atoms with Gasteiger partial charge in [0.15, 0.2) is 0 Å². The predicted molar refractivity (Wildman–Crippen MR) is 75.7 cm³/mol.